The van der Waals surface area contributed by atoms with Crippen molar-refractivity contribution in [1.82, 2.24) is 34.8 Å². The Balaban J connectivity index is 1.37. The number of alkyl halides is 3. The van der Waals surface area contributed by atoms with E-state index in [0.717, 1.165) is 25.2 Å². The van der Waals surface area contributed by atoms with E-state index < -0.39 is 11.7 Å². The summed E-state index contributed by atoms with van der Waals surface area (Å²) in [4.78, 5) is 28.7. The van der Waals surface area contributed by atoms with Gasteiger partial charge in [-0.15, -0.1) is 4.80 Å². The lowest BCUT2D eigenvalue weighted by Crippen LogP contribution is -2.48. The molecule has 0 unspecified atom stereocenters. The van der Waals surface area contributed by atoms with Crippen LogP contribution in [0.2, 0.25) is 0 Å². The lowest BCUT2D eigenvalue weighted by Gasteiger charge is -2.33. The van der Waals surface area contributed by atoms with Crippen molar-refractivity contribution in [2.45, 2.75) is 38.0 Å². The number of aryl methyl sites for hydroxylation is 1. The SMILES string of the molecule is Cc1ccc(-n2nccn2)c(C(=O)N2C[C@H]3C[C@@H](Nc4ncc(C(F)(F)F)cn4)[C@@H]2C3)n1. The number of carbonyl (C=O) groups excluding carboxylic acids is 1. The Hall–Kier alpha value is -3.57. The topological polar surface area (TPSA) is 102 Å². The van der Waals surface area contributed by atoms with Crippen LogP contribution < -0.4 is 5.32 Å². The largest absolute Gasteiger partial charge is 0.419 e. The van der Waals surface area contributed by atoms with Gasteiger partial charge in [0.05, 0.1) is 24.0 Å². The Morgan fingerprint density at radius 3 is 2.50 bits per heavy atom. The van der Waals surface area contributed by atoms with Gasteiger partial charge in [0.15, 0.2) is 5.69 Å². The zero-order chi connectivity index (χ0) is 22.5. The summed E-state index contributed by atoms with van der Waals surface area (Å²) in [6.07, 6.45) is 1.65. The maximum atomic E-state index is 13.5. The van der Waals surface area contributed by atoms with Gasteiger partial charge >= 0.3 is 6.18 Å². The standard InChI is InChI=1S/C20H19F3N8O/c1-11-2-3-15(31-26-4-5-27-31)17(28-11)18(32)30-10-12-6-14(16(30)7-12)29-19-24-8-13(9-25-19)20(21,22)23/h2-5,8-9,12,14,16H,6-7,10H2,1H3,(H,24,25,29)/t12-,14+,16-/m0/s1. The van der Waals surface area contributed by atoms with Crippen LogP contribution in [0.15, 0.2) is 36.9 Å². The van der Waals surface area contributed by atoms with E-state index in [1.54, 1.807) is 24.0 Å². The van der Waals surface area contributed by atoms with Crippen molar-refractivity contribution in [2.24, 2.45) is 5.92 Å². The third-order valence-electron chi connectivity index (χ3n) is 5.89. The van der Waals surface area contributed by atoms with E-state index in [0.29, 0.717) is 17.9 Å². The minimum absolute atomic E-state index is 0.109. The number of fused-ring (bicyclic) bond motifs is 2. The number of piperidine rings is 1. The van der Waals surface area contributed by atoms with E-state index in [9.17, 15) is 18.0 Å². The lowest BCUT2D eigenvalue weighted by molar-refractivity contribution is -0.138. The van der Waals surface area contributed by atoms with Crippen molar-refractivity contribution < 1.29 is 18.0 Å². The number of aromatic nitrogens is 6. The first-order valence-corrected chi connectivity index (χ1v) is 10.1. The predicted molar refractivity (Wildman–Crippen MR) is 106 cm³/mol. The summed E-state index contributed by atoms with van der Waals surface area (Å²) in [6.45, 7) is 2.40. The Bertz CT molecular complexity index is 1130. The molecule has 2 aliphatic rings. The smallest absolute Gasteiger partial charge is 0.349 e. The highest BCUT2D eigenvalue weighted by molar-refractivity contribution is 5.96. The van der Waals surface area contributed by atoms with Crippen molar-refractivity contribution in [3.8, 4) is 5.69 Å². The van der Waals surface area contributed by atoms with Gasteiger partial charge in [-0.1, -0.05) is 0 Å². The van der Waals surface area contributed by atoms with Crippen LogP contribution >= 0.6 is 0 Å². The Kier molecular flexibility index (Phi) is 4.79. The molecule has 1 aliphatic heterocycles. The molecule has 32 heavy (non-hydrogen) atoms. The second kappa shape index (κ2) is 7.53. The van der Waals surface area contributed by atoms with Gasteiger partial charge in [-0.3, -0.25) is 4.79 Å². The Morgan fingerprint density at radius 2 is 1.84 bits per heavy atom. The summed E-state index contributed by atoms with van der Waals surface area (Å²) < 4.78 is 38.2. The van der Waals surface area contributed by atoms with E-state index in [1.807, 2.05) is 0 Å². The first-order valence-electron chi connectivity index (χ1n) is 10.1. The average molecular weight is 444 g/mol. The number of halogens is 3. The molecule has 3 atom stereocenters. The zero-order valence-electron chi connectivity index (χ0n) is 17.0. The maximum absolute atomic E-state index is 13.5. The van der Waals surface area contributed by atoms with Crippen molar-refractivity contribution in [2.75, 3.05) is 11.9 Å². The van der Waals surface area contributed by atoms with Crippen LogP contribution in [-0.2, 0) is 6.18 Å². The highest BCUT2D eigenvalue weighted by Gasteiger charge is 2.48. The summed E-state index contributed by atoms with van der Waals surface area (Å²) in [5.41, 5.74) is 0.543. The number of pyridine rings is 1. The zero-order valence-corrected chi connectivity index (χ0v) is 17.0. The Labute approximate surface area is 180 Å². The second-order valence-electron chi connectivity index (χ2n) is 8.05. The highest BCUT2D eigenvalue weighted by Crippen LogP contribution is 2.40. The molecule has 1 amide bonds. The molecule has 4 heterocycles. The summed E-state index contributed by atoms with van der Waals surface area (Å²) >= 11 is 0. The van der Waals surface area contributed by atoms with Crippen LogP contribution in [0.25, 0.3) is 5.69 Å². The maximum Gasteiger partial charge on any atom is 0.419 e. The van der Waals surface area contributed by atoms with E-state index >= 15 is 0 Å². The van der Waals surface area contributed by atoms with Crippen LogP contribution in [0.1, 0.15) is 34.6 Å². The number of anilines is 1. The summed E-state index contributed by atoms with van der Waals surface area (Å²) in [5, 5.41) is 11.3. The molecule has 3 aromatic heterocycles. The number of nitrogens with one attached hydrogen (secondary N) is 1. The molecule has 2 fully saturated rings. The van der Waals surface area contributed by atoms with Crippen molar-refractivity contribution in [3.63, 3.8) is 0 Å². The molecule has 1 saturated carbocycles. The molecule has 0 radical (unpaired) electrons. The van der Waals surface area contributed by atoms with Gasteiger partial charge < -0.3 is 10.2 Å². The van der Waals surface area contributed by atoms with Crippen molar-refractivity contribution >= 4 is 11.9 Å². The average Bonchev–Trinajstić information content (AvgIpc) is 3.50. The Morgan fingerprint density at radius 1 is 1.12 bits per heavy atom. The number of nitrogens with zero attached hydrogens (tertiary/aromatic N) is 7. The van der Waals surface area contributed by atoms with E-state index in [1.165, 1.54) is 17.2 Å². The third kappa shape index (κ3) is 3.65. The normalized spacial score (nSPS) is 22.4. The first-order chi connectivity index (χ1) is 15.3. The molecular weight excluding hydrogens is 425 g/mol. The first kappa shape index (κ1) is 20.3. The molecule has 1 saturated heterocycles. The molecule has 1 aliphatic carbocycles. The molecule has 0 spiro atoms. The number of rotatable bonds is 4. The van der Waals surface area contributed by atoms with E-state index in [-0.39, 0.29) is 35.6 Å². The molecule has 1 N–H and O–H groups in total. The molecule has 9 nitrogen and oxygen atoms in total. The lowest BCUT2D eigenvalue weighted by atomic mass is 10.0. The molecule has 5 rings (SSSR count). The molecule has 0 aromatic carbocycles. The van der Waals surface area contributed by atoms with Gasteiger partial charge in [0.2, 0.25) is 5.95 Å². The van der Waals surface area contributed by atoms with Gasteiger partial charge in [-0.2, -0.15) is 23.4 Å². The van der Waals surface area contributed by atoms with Crippen LogP contribution in [0.5, 0.6) is 0 Å². The fourth-order valence-electron chi connectivity index (χ4n) is 4.47. The minimum atomic E-state index is -4.49. The van der Waals surface area contributed by atoms with Gasteiger partial charge in [-0.25, -0.2) is 15.0 Å². The molecule has 2 bridgehead atoms. The highest BCUT2D eigenvalue weighted by atomic mass is 19.4. The van der Waals surface area contributed by atoms with Crippen LogP contribution in [0, 0.1) is 12.8 Å². The number of carbonyl (C=O) groups is 1. The van der Waals surface area contributed by atoms with Gasteiger partial charge in [0.1, 0.15) is 5.69 Å². The fourth-order valence-corrected chi connectivity index (χ4v) is 4.47. The molecule has 166 valence electrons. The molecular formula is C20H19F3N8O. The van der Waals surface area contributed by atoms with Gasteiger partial charge in [-0.05, 0) is 37.8 Å². The van der Waals surface area contributed by atoms with Crippen molar-refractivity contribution in [1.29, 1.82) is 0 Å². The number of hydrogen-bond acceptors (Lipinski definition) is 7. The molecule has 12 heteroatoms. The minimum Gasteiger partial charge on any atom is -0.349 e. The third-order valence-corrected chi connectivity index (χ3v) is 5.89. The van der Waals surface area contributed by atoms with Gasteiger partial charge in [0.25, 0.3) is 5.91 Å². The summed E-state index contributed by atoms with van der Waals surface area (Å²) in [7, 11) is 0. The molecule has 3 aromatic rings. The van der Waals surface area contributed by atoms with E-state index in [4.69, 9.17) is 0 Å². The second-order valence-corrected chi connectivity index (χ2v) is 8.05. The number of hydrogen-bond donors (Lipinski definition) is 1. The predicted octanol–water partition coefficient (Wildman–Crippen LogP) is 2.49. The van der Waals surface area contributed by atoms with Crippen LogP contribution in [-0.4, -0.2) is 59.4 Å². The summed E-state index contributed by atoms with van der Waals surface area (Å²) in [6, 6.07) is 3.25. The summed E-state index contributed by atoms with van der Waals surface area (Å²) in [5.74, 6) is 0.165. The van der Waals surface area contributed by atoms with Crippen LogP contribution in [0.3, 0.4) is 0 Å². The number of amides is 1. The van der Waals surface area contributed by atoms with Crippen molar-refractivity contribution in [3.05, 3.63) is 53.9 Å². The monoisotopic (exact) mass is 444 g/mol. The quantitative estimate of drug-likeness (QED) is 0.660. The number of likely N-dealkylation sites (tertiary alicyclic amines) is 1. The van der Waals surface area contributed by atoms with Gasteiger partial charge in [0, 0.05) is 30.7 Å². The fraction of sp³-hybridized carbons (Fsp3) is 0.400. The van der Waals surface area contributed by atoms with E-state index in [2.05, 4.69) is 30.5 Å². The van der Waals surface area contributed by atoms with Crippen LogP contribution in [0.4, 0.5) is 19.1 Å².